The van der Waals surface area contributed by atoms with Gasteiger partial charge in [-0.25, -0.2) is 0 Å². The third-order valence-corrected chi connectivity index (χ3v) is 3.92. The minimum absolute atomic E-state index is 0.0887. The zero-order chi connectivity index (χ0) is 13.8. The van der Waals surface area contributed by atoms with Crippen LogP contribution in [0.2, 0.25) is 0 Å². The van der Waals surface area contributed by atoms with Crippen molar-refractivity contribution in [2.75, 3.05) is 6.54 Å². The van der Waals surface area contributed by atoms with Gasteiger partial charge in [-0.1, -0.05) is 52.3 Å². The van der Waals surface area contributed by atoms with Gasteiger partial charge >= 0.3 is 0 Å². The van der Waals surface area contributed by atoms with E-state index in [1.807, 2.05) is 55.5 Å². The topological polar surface area (TPSA) is 46.2 Å². The number of aliphatic hydroxyl groups excluding tert-OH is 1. The number of nitrogens with two attached hydrogens (primary N) is 1. The molecular weight excluding hydrogens is 302 g/mol. The van der Waals surface area contributed by atoms with Gasteiger partial charge in [0, 0.05) is 16.9 Å². The van der Waals surface area contributed by atoms with Gasteiger partial charge in [-0.05, 0) is 35.7 Å². The lowest BCUT2D eigenvalue weighted by Gasteiger charge is -2.24. The summed E-state index contributed by atoms with van der Waals surface area (Å²) in [6.45, 7) is 2.42. The van der Waals surface area contributed by atoms with Gasteiger partial charge in [0.25, 0.3) is 0 Å². The number of rotatable bonds is 4. The molecule has 2 unspecified atom stereocenters. The van der Waals surface area contributed by atoms with Crippen LogP contribution in [0.5, 0.6) is 0 Å². The molecule has 0 aromatic heterocycles. The molecule has 2 aromatic rings. The molecule has 0 saturated heterocycles. The Kier molecular flexibility index (Phi) is 4.75. The molecule has 0 amide bonds. The molecule has 3 N–H and O–H groups in total. The highest BCUT2D eigenvalue weighted by Gasteiger charge is 2.22. The van der Waals surface area contributed by atoms with E-state index in [0.717, 1.165) is 21.2 Å². The van der Waals surface area contributed by atoms with E-state index >= 15 is 0 Å². The smallest absolute Gasteiger partial charge is 0.0873 e. The first kappa shape index (κ1) is 14.3. The largest absolute Gasteiger partial charge is 0.388 e. The molecule has 2 rings (SSSR count). The zero-order valence-corrected chi connectivity index (χ0v) is 12.5. The second-order valence-electron chi connectivity index (χ2n) is 4.70. The molecule has 3 heteroatoms. The first-order chi connectivity index (χ1) is 9.13. The number of aryl methyl sites for hydroxylation is 1. The summed E-state index contributed by atoms with van der Waals surface area (Å²) in [5, 5.41) is 10.6. The van der Waals surface area contributed by atoms with Crippen LogP contribution in [0.25, 0.3) is 0 Å². The van der Waals surface area contributed by atoms with Crippen LogP contribution in [0.3, 0.4) is 0 Å². The summed E-state index contributed by atoms with van der Waals surface area (Å²) >= 11 is 3.45. The zero-order valence-electron chi connectivity index (χ0n) is 10.9. The lowest BCUT2D eigenvalue weighted by Crippen LogP contribution is -2.20. The van der Waals surface area contributed by atoms with Gasteiger partial charge in [-0.15, -0.1) is 0 Å². The molecule has 100 valence electrons. The van der Waals surface area contributed by atoms with Crippen molar-refractivity contribution in [3.05, 3.63) is 69.7 Å². The van der Waals surface area contributed by atoms with Gasteiger partial charge in [0.1, 0.15) is 0 Å². The van der Waals surface area contributed by atoms with Gasteiger partial charge in [0.15, 0.2) is 0 Å². The molecule has 0 heterocycles. The lowest BCUT2D eigenvalue weighted by molar-refractivity contribution is 0.146. The number of halogens is 1. The Morgan fingerprint density at radius 3 is 2.47 bits per heavy atom. The summed E-state index contributed by atoms with van der Waals surface area (Å²) in [6, 6.07) is 15.9. The van der Waals surface area contributed by atoms with Crippen LogP contribution in [-0.4, -0.2) is 11.7 Å². The highest BCUT2D eigenvalue weighted by atomic mass is 79.9. The van der Waals surface area contributed by atoms with Crippen LogP contribution in [0, 0.1) is 6.92 Å². The van der Waals surface area contributed by atoms with Crippen molar-refractivity contribution in [2.24, 2.45) is 5.73 Å². The molecule has 0 saturated carbocycles. The number of benzene rings is 2. The normalized spacial score (nSPS) is 14.1. The predicted octanol–water partition coefficient (Wildman–Crippen LogP) is 3.53. The third-order valence-electron chi connectivity index (χ3n) is 3.42. The van der Waals surface area contributed by atoms with Gasteiger partial charge in [-0.2, -0.15) is 0 Å². The highest BCUT2D eigenvalue weighted by Crippen LogP contribution is 2.33. The maximum absolute atomic E-state index is 10.6. The maximum Gasteiger partial charge on any atom is 0.0873 e. The summed E-state index contributed by atoms with van der Waals surface area (Å²) in [5.41, 5.74) is 8.92. The molecule has 0 aliphatic rings. The predicted molar refractivity (Wildman–Crippen MR) is 82.1 cm³/mol. The van der Waals surface area contributed by atoms with Crippen LogP contribution in [-0.2, 0) is 0 Å². The standard InChI is InChI=1S/C16H18BrNO/c1-11-7-8-13(17)9-14(11)16(19)15(10-18)12-5-3-2-4-6-12/h2-9,15-16,19H,10,18H2,1H3. The van der Waals surface area contributed by atoms with Crippen molar-refractivity contribution >= 4 is 15.9 Å². The summed E-state index contributed by atoms with van der Waals surface area (Å²) in [6.07, 6.45) is -0.593. The van der Waals surface area contributed by atoms with Crippen LogP contribution < -0.4 is 5.73 Å². The van der Waals surface area contributed by atoms with Crippen molar-refractivity contribution in [3.63, 3.8) is 0 Å². The molecule has 0 radical (unpaired) electrons. The second kappa shape index (κ2) is 6.33. The van der Waals surface area contributed by atoms with E-state index in [0.29, 0.717) is 6.54 Å². The third kappa shape index (κ3) is 3.24. The average Bonchev–Trinajstić information content (AvgIpc) is 2.43. The number of hydrogen-bond donors (Lipinski definition) is 2. The molecule has 0 bridgehead atoms. The summed E-state index contributed by atoms with van der Waals surface area (Å²) in [5.74, 6) is -0.0887. The van der Waals surface area contributed by atoms with Crippen LogP contribution in [0.1, 0.15) is 28.7 Å². The van der Waals surface area contributed by atoms with Crippen molar-refractivity contribution < 1.29 is 5.11 Å². The Bertz CT molecular complexity index is 542. The van der Waals surface area contributed by atoms with E-state index in [9.17, 15) is 5.11 Å². The molecule has 2 aromatic carbocycles. The van der Waals surface area contributed by atoms with Gasteiger partial charge < -0.3 is 10.8 Å². The average molecular weight is 320 g/mol. The van der Waals surface area contributed by atoms with Gasteiger partial charge in [0.05, 0.1) is 6.10 Å². The Hall–Kier alpha value is -1.16. The van der Waals surface area contributed by atoms with Crippen LogP contribution in [0.15, 0.2) is 53.0 Å². The first-order valence-electron chi connectivity index (χ1n) is 6.32. The number of hydrogen-bond acceptors (Lipinski definition) is 2. The molecule has 0 spiro atoms. The first-order valence-corrected chi connectivity index (χ1v) is 7.12. The Balaban J connectivity index is 2.36. The molecule has 0 aliphatic carbocycles. The summed E-state index contributed by atoms with van der Waals surface area (Å²) in [4.78, 5) is 0. The molecule has 19 heavy (non-hydrogen) atoms. The Morgan fingerprint density at radius 2 is 1.84 bits per heavy atom. The van der Waals surface area contributed by atoms with E-state index in [4.69, 9.17) is 5.73 Å². The van der Waals surface area contributed by atoms with E-state index < -0.39 is 6.10 Å². The number of aliphatic hydroxyl groups is 1. The van der Waals surface area contributed by atoms with E-state index in [2.05, 4.69) is 15.9 Å². The quantitative estimate of drug-likeness (QED) is 0.905. The lowest BCUT2D eigenvalue weighted by atomic mass is 9.87. The fraction of sp³-hybridized carbons (Fsp3) is 0.250. The van der Waals surface area contributed by atoms with Gasteiger partial charge in [0.2, 0.25) is 0 Å². The van der Waals surface area contributed by atoms with E-state index in [1.54, 1.807) is 0 Å². The molecule has 2 nitrogen and oxygen atoms in total. The van der Waals surface area contributed by atoms with E-state index in [-0.39, 0.29) is 5.92 Å². The molecule has 2 atom stereocenters. The SMILES string of the molecule is Cc1ccc(Br)cc1C(O)C(CN)c1ccccc1. The monoisotopic (exact) mass is 319 g/mol. The summed E-state index contributed by atoms with van der Waals surface area (Å²) in [7, 11) is 0. The summed E-state index contributed by atoms with van der Waals surface area (Å²) < 4.78 is 0.969. The fourth-order valence-electron chi connectivity index (χ4n) is 2.29. The maximum atomic E-state index is 10.6. The van der Waals surface area contributed by atoms with E-state index in [1.165, 1.54) is 0 Å². The molecule has 0 fully saturated rings. The van der Waals surface area contributed by atoms with Crippen LogP contribution >= 0.6 is 15.9 Å². The van der Waals surface area contributed by atoms with Gasteiger partial charge in [-0.3, -0.25) is 0 Å². The highest BCUT2D eigenvalue weighted by molar-refractivity contribution is 9.10. The molecule has 0 aliphatic heterocycles. The van der Waals surface area contributed by atoms with Crippen molar-refractivity contribution in [1.82, 2.24) is 0 Å². The Labute approximate surface area is 122 Å². The Morgan fingerprint density at radius 1 is 1.16 bits per heavy atom. The fourth-order valence-corrected chi connectivity index (χ4v) is 2.67. The second-order valence-corrected chi connectivity index (χ2v) is 5.61. The van der Waals surface area contributed by atoms with Crippen molar-refractivity contribution in [3.8, 4) is 0 Å². The van der Waals surface area contributed by atoms with Crippen molar-refractivity contribution in [1.29, 1.82) is 0 Å². The minimum Gasteiger partial charge on any atom is -0.388 e. The van der Waals surface area contributed by atoms with Crippen LogP contribution in [0.4, 0.5) is 0 Å². The minimum atomic E-state index is -0.593. The van der Waals surface area contributed by atoms with Crippen molar-refractivity contribution in [2.45, 2.75) is 18.9 Å². The molecular formula is C16H18BrNO.